The van der Waals surface area contributed by atoms with Gasteiger partial charge in [0.1, 0.15) is 6.10 Å². The predicted molar refractivity (Wildman–Crippen MR) is 109 cm³/mol. The largest absolute Gasteiger partial charge is 0.339 e. The van der Waals surface area contributed by atoms with Crippen LogP contribution < -0.4 is 0 Å². The number of aryl methyl sites for hydroxylation is 1. The van der Waals surface area contributed by atoms with Crippen molar-refractivity contribution in [3.8, 4) is 0 Å². The van der Waals surface area contributed by atoms with Crippen molar-refractivity contribution < 1.29 is 22.1 Å². The maximum atomic E-state index is 12.5. The smallest absolute Gasteiger partial charge is 0.297 e. The molecule has 1 fully saturated rings. The van der Waals surface area contributed by atoms with Crippen LogP contribution in [0.4, 0.5) is 0 Å². The van der Waals surface area contributed by atoms with Gasteiger partial charge in [0.25, 0.3) is 10.1 Å². The highest BCUT2D eigenvalue weighted by Crippen LogP contribution is 2.40. The molecule has 1 atom stereocenters. The van der Waals surface area contributed by atoms with Crippen LogP contribution in [0.3, 0.4) is 0 Å². The van der Waals surface area contributed by atoms with Crippen LogP contribution in [-0.4, -0.2) is 27.7 Å². The minimum absolute atomic E-state index is 0.124. The summed E-state index contributed by atoms with van der Waals surface area (Å²) in [5, 5.41) is 0. The van der Waals surface area contributed by atoms with Crippen LogP contribution in [0.5, 0.6) is 0 Å². The summed E-state index contributed by atoms with van der Waals surface area (Å²) in [6.07, 6.45) is -0.532. The van der Waals surface area contributed by atoms with Crippen LogP contribution in [0.1, 0.15) is 16.7 Å². The van der Waals surface area contributed by atoms with Crippen LogP contribution >= 0.6 is 0 Å². The third-order valence-electron chi connectivity index (χ3n) is 4.83. The van der Waals surface area contributed by atoms with Gasteiger partial charge in [0.15, 0.2) is 0 Å². The summed E-state index contributed by atoms with van der Waals surface area (Å²) in [7, 11) is -3.87. The van der Waals surface area contributed by atoms with Gasteiger partial charge in [0.2, 0.25) is 5.79 Å². The van der Waals surface area contributed by atoms with E-state index in [0.717, 1.165) is 16.7 Å². The van der Waals surface area contributed by atoms with E-state index in [4.69, 9.17) is 13.7 Å². The van der Waals surface area contributed by atoms with Gasteiger partial charge in [-0.15, -0.1) is 0 Å². The van der Waals surface area contributed by atoms with Crippen molar-refractivity contribution in [1.29, 1.82) is 0 Å². The molecule has 0 saturated carbocycles. The quantitative estimate of drug-likeness (QED) is 0.575. The molecule has 29 heavy (non-hydrogen) atoms. The second kappa shape index (κ2) is 8.08. The Morgan fingerprint density at radius 2 is 1.45 bits per heavy atom. The monoisotopic (exact) mass is 410 g/mol. The molecule has 4 rings (SSSR count). The summed E-state index contributed by atoms with van der Waals surface area (Å²) in [4.78, 5) is 0.124. The van der Waals surface area contributed by atoms with Crippen molar-refractivity contribution in [2.24, 2.45) is 0 Å². The maximum absolute atomic E-state index is 12.5. The highest BCUT2D eigenvalue weighted by atomic mass is 32.2. The predicted octanol–water partition coefficient (Wildman–Crippen LogP) is 4.02. The van der Waals surface area contributed by atoms with Gasteiger partial charge in [0, 0.05) is 11.1 Å². The highest BCUT2D eigenvalue weighted by molar-refractivity contribution is 7.86. The number of hydrogen-bond donors (Lipinski definition) is 0. The molecule has 0 aromatic heterocycles. The van der Waals surface area contributed by atoms with Gasteiger partial charge in [-0.1, -0.05) is 78.4 Å². The second-order valence-corrected chi connectivity index (χ2v) is 8.57. The topological polar surface area (TPSA) is 61.8 Å². The van der Waals surface area contributed by atoms with Crippen LogP contribution in [-0.2, 0) is 29.6 Å². The van der Waals surface area contributed by atoms with E-state index in [-0.39, 0.29) is 18.1 Å². The number of hydrogen-bond acceptors (Lipinski definition) is 5. The molecule has 0 spiro atoms. The second-order valence-electron chi connectivity index (χ2n) is 6.95. The van der Waals surface area contributed by atoms with Crippen LogP contribution in [0, 0.1) is 6.92 Å². The molecule has 5 nitrogen and oxygen atoms in total. The normalized spacial score (nSPS) is 18.6. The molecule has 0 bridgehead atoms. The standard InChI is InChI=1S/C23H22O5S/c1-18-12-14-22(15-13-18)29(24,25)27-17-21-16-26-23(28-21,19-8-4-2-5-9-19)20-10-6-3-7-11-20/h2-15,21H,16-17H2,1H3. The van der Waals surface area contributed by atoms with Crippen LogP contribution in [0.25, 0.3) is 0 Å². The van der Waals surface area contributed by atoms with Gasteiger partial charge in [-0.2, -0.15) is 8.42 Å². The average Bonchev–Trinajstić information content (AvgIpc) is 3.20. The van der Waals surface area contributed by atoms with Crippen molar-refractivity contribution in [1.82, 2.24) is 0 Å². The molecule has 1 saturated heterocycles. The van der Waals surface area contributed by atoms with Crippen molar-refractivity contribution in [3.05, 3.63) is 102 Å². The Balaban J connectivity index is 1.54. The molecule has 150 valence electrons. The Bertz CT molecular complexity index is 1010. The molecule has 1 heterocycles. The molecule has 0 amide bonds. The SMILES string of the molecule is Cc1ccc(S(=O)(=O)OCC2COC(c3ccccc3)(c3ccccc3)O2)cc1. The van der Waals surface area contributed by atoms with Crippen LogP contribution in [0.15, 0.2) is 89.8 Å². The Kier molecular flexibility index (Phi) is 5.52. The minimum atomic E-state index is -3.87. The fraction of sp³-hybridized carbons (Fsp3) is 0.217. The minimum Gasteiger partial charge on any atom is -0.339 e. The molecule has 1 aliphatic rings. The zero-order valence-corrected chi connectivity index (χ0v) is 16.8. The zero-order chi connectivity index (χ0) is 20.3. The fourth-order valence-electron chi connectivity index (χ4n) is 3.32. The lowest BCUT2D eigenvalue weighted by atomic mass is 9.97. The third kappa shape index (κ3) is 4.11. The van der Waals surface area contributed by atoms with Gasteiger partial charge >= 0.3 is 0 Å². The lowest BCUT2D eigenvalue weighted by Gasteiger charge is -2.29. The maximum Gasteiger partial charge on any atom is 0.297 e. The first-order valence-electron chi connectivity index (χ1n) is 9.38. The fourth-order valence-corrected chi connectivity index (χ4v) is 4.25. The average molecular weight is 410 g/mol. The summed E-state index contributed by atoms with van der Waals surface area (Å²) in [6.45, 7) is 1.98. The third-order valence-corrected chi connectivity index (χ3v) is 6.13. The molecule has 3 aromatic carbocycles. The van der Waals surface area contributed by atoms with Gasteiger partial charge in [0.05, 0.1) is 18.1 Å². The van der Waals surface area contributed by atoms with Gasteiger partial charge in [-0.25, -0.2) is 0 Å². The molecule has 1 aliphatic heterocycles. The van der Waals surface area contributed by atoms with E-state index in [0.29, 0.717) is 0 Å². The first kappa shape index (κ1) is 19.8. The van der Waals surface area contributed by atoms with Gasteiger partial charge in [-0.05, 0) is 19.1 Å². The molecular formula is C23H22O5S. The van der Waals surface area contributed by atoms with E-state index in [9.17, 15) is 8.42 Å². The molecule has 0 aliphatic carbocycles. The van der Waals surface area contributed by atoms with E-state index < -0.39 is 22.0 Å². The molecular weight excluding hydrogens is 388 g/mol. The number of benzene rings is 3. The molecule has 3 aromatic rings. The lowest BCUT2D eigenvalue weighted by Crippen LogP contribution is -2.30. The summed E-state index contributed by atoms with van der Waals surface area (Å²) in [5.41, 5.74) is 2.66. The Morgan fingerprint density at radius 1 is 0.897 bits per heavy atom. The summed E-state index contributed by atoms with van der Waals surface area (Å²) in [6, 6.07) is 25.8. The highest BCUT2D eigenvalue weighted by Gasteiger charge is 2.45. The lowest BCUT2D eigenvalue weighted by molar-refractivity contribution is -0.145. The zero-order valence-electron chi connectivity index (χ0n) is 16.0. The van der Waals surface area contributed by atoms with E-state index >= 15 is 0 Å². The van der Waals surface area contributed by atoms with Crippen molar-refractivity contribution in [2.45, 2.75) is 23.7 Å². The Morgan fingerprint density at radius 3 is 2.00 bits per heavy atom. The molecule has 1 unspecified atom stereocenters. The Labute approximate surface area is 171 Å². The molecule has 0 N–H and O–H groups in total. The molecule has 6 heteroatoms. The van der Waals surface area contributed by atoms with E-state index in [1.165, 1.54) is 12.1 Å². The van der Waals surface area contributed by atoms with Crippen molar-refractivity contribution in [2.75, 3.05) is 13.2 Å². The summed E-state index contributed by atoms with van der Waals surface area (Å²) < 4.78 is 42.6. The van der Waals surface area contributed by atoms with Gasteiger partial charge in [-0.3, -0.25) is 4.18 Å². The first-order valence-corrected chi connectivity index (χ1v) is 10.8. The van der Waals surface area contributed by atoms with E-state index in [2.05, 4.69) is 0 Å². The van der Waals surface area contributed by atoms with E-state index in [1.54, 1.807) is 12.1 Å². The van der Waals surface area contributed by atoms with Gasteiger partial charge < -0.3 is 9.47 Å². The van der Waals surface area contributed by atoms with E-state index in [1.807, 2.05) is 67.6 Å². The first-order chi connectivity index (χ1) is 14.0. The van der Waals surface area contributed by atoms with Crippen LogP contribution in [0.2, 0.25) is 0 Å². The number of ether oxygens (including phenoxy) is 2. The number of rotatable bonds is 6. The summed E-state index contributed by atoms with van der Waals surface area (Å²) >= 11 is 0. The Hall–Kier alpha value is -2.51. The van der Waals surface area contributed by atoms with Crippen molar-refractivity contribution >= 4 is 10.1 Å². The molecule has 0 radical (unpaired) electrons. The van der Waals surface area contributed by atoms with Crippen molar-refractivity contribution in [3.63, 3.8) is 0 Å². The summed E-state index contributed by atoms with van der Waals surface area (Å²) in [5.74, 6) is -1.09.